The number of nitrogens with zero attached hydrogens (tertiary/aromatic N) is 1. The third-order valence-electron chi connectivity index (χ3n) is 2.88. The summed E-state index contributed by atoms with van der Waals surface area (Å²) in [6.45, 7) is 0. The Balaban J connectivity index is 2.22. The van der Waals surface area contributed by atoms with Gasteiger partial charge in [-0.3, -0.25) is 14.9 Å². The number of carbonyl (C=O) groups is 1. The first-order valence-corrected chi connectivity index (χ1v) is 4.95. The average Bonchev–Trinajstić information content (AvgIpc) is 2.15. The molecule has 1 rings (SSSR count). The van der Waals surface area contributed by atoms with Crippen molar-refractivity contribution in [2.45, 2.75) is 44.6 Å². The molecule has 0 spiro atoms. The van der Waals surface area contributed by atoms with Gasteiger partial charge in [0.05, 0.1) is 0 Å². The molecule has 0 aromatic rings. The van der Waals surface area contributed by atoms with E-state index in [1.807, 2.05) is 0 Å². The second kappa shape index (κ2) is 4.93. The van der Waals surface area contributed by atoms with Crippen LogP contribution in [0.3, 0.4) is 0 Å². The molecule has 14 heavy (non-hydrogen) atoms. The average molecular weight is 201 g/mol. The molecular formula is C9H15NO4. The number of hydrogen-bond acceptors (Lipinski definition) is 3. The van der Waals surface area contributed by atoms with Gasteiger partial charge < -0.3 is 5.11 Å². The summed E-state index contributed by atoms with van der Waals surface area (Å²) in [6.07, 6.45) is 3.68. The van der Waals surface area contributed by atoms with Crippen LogP contribution < -0.4 is 0 Å². The molecule has 0 amide bonds. The van der Waals surface area contributed by atoms with Crippen LogP contribution in [0.1, 0.15) is 38.5 Å². The van der Waals surface area contributed by atoms with E-state index in [2.05, 4.69) is 0 Å². The largest absolute Gasteiger partial charge is 0.481 e. The van der Waals surface area contributed by atoms with Gasteiger partial charge in [0.1, 0.15) is 0 Å². The van der Waals surface area contributed by atoms with Crippen molar-refractivity contribution in [2.75, 3.05) is 0 Å². The highest BCUT2D eigenvalue weighted by Crippen LogP contribution is 2.28. The van der Waals surface area contributed by atoms with Gasteiger partial charge in [0, 0.05) is 24.2 Å². The van der Waals surface area contributed by atoms with Gasteiger partial charge in [0.25, 0.3) is 0 Å². The van der Waals surface area contributed by atoms with Crippen molar-refractivity contribution >= 4 is 5.97 Å². The Bertz CT molecular complexity index is 221. The number of carboxylic acid groups (broad SMARTS) is 1. The summed E-state index contributed by atoms with van der Waals surface area (Å²) in [5.41, 5.74) is 0. The number of carboxylic acids is 1. The van der Waals surface area contributed by atoms with Crippen LogP contribution in [0.5, 0.6) is 0 Å². The molecule has 1 aliphatic rings. The lowest BCUT2D eigenvalue weighted by molar-refractivity contribution is -0.527. The van der Waals surface area contributed by atoms with E-state index in [1.165, 1.54) is 0 Å². The van der Waals surface area contributed by atoms with Crippen LogP contribution in [0, 0.1) is 16.0 Å². The molecule has 0 heterocycles. The summed E-state index contributed by atoms with van der Waals surface area (Å²) in [6, 6.07) is -0.393. The zero-order chi connectivity index (χ0) is 10.6. The number of hydrogen-bond donors (Lipinski definition) is 1. The van der Waals surface area contributed by atoms with Crippen LogP contribution in [0.25, 0.3) is 0 Å². The molecule has 0 saturated heterocycles. The maximum atomic E-state index is 10.4. The molecule has 5 nitrogen and oxygen atoms in total. The zero-order valence-corrected chi connectivity index (χ0v) is 8.02. The molecule has 1 aliphatic carbocycles. The van der Waals surface area contributed by atoms with Gasteiger partial charge >= 0.3 is 5.97 Å². The van der Waals surface area contributed by atoms with E-state index in [0.29, 0.717) is 25.2 Å². The predicted molar refractivity (Wildman–Crippen MR) is 49.6 cm³/mol. The normalized spacial score (nSPS) is 27.1. The highest BCUT2D eigenvalue weighted by atomic mass is 16.6. The van der Waals surface area contributed by atoms with Crippen LogP contribution in [-0.2, 0) is 4.79 Å². The Labute approximate surface area is 82.3 Å². The van der Waals surface area contributed by atoms with Gasteiger partial charge in [-0.05, 0) is 25.2 Å². The van der Waals surface area contributed by atoms with Crippen LogP contribution >= 0.6 is 0 Å². The third kappa shape index (κ3) is 3.32. The van der Waals surface area contributed by atoms with Gasteiger partial charge in [-0.2, -0.15) is 0 Å². The third-order valence-corrected chi connectivity index (χ3v) is 2.88. The minimum atomic E-state index is -0.776. The Hall–Kier alpha value is -1.13. The summed E-state index contributed by atoms with van der Waals surface area (Å²) in [7, 11) is 0. The molecule has 1 saturated carbocycles. The molecule has 0 bridgehead atoms. The molecule has 80 valence electrons. The highest BCUT2D eigenvalue weighted by Gasteiger charge is 2.28. The molecule has 0 aromatic carbocycles. The van der Waals surface area contributed by atoms with Crippen molar-refractivity contribution in [2.24, 2.45) is 5.92 Å². The lowest BCUT2D eigenvalue weighted by atomic mass is 9.84. The minimum Gasteiger partial charge on any atom is -0.481 e. The molecule has 0 radical (unpaired) electrons. The number of aliphatic carboxylic acids is 1. The van der Waals surface area contributed by atoms with E-state index in [1.54, 1.807) is 0 Å². The first-order valence-electron chi connectivity index (χ1n) is 4.95. The van der Waals surface area contributed by atoms with E-state index in [-0.39, 0.29) is 11.3 Å². The van der Waals surface area contributed by atoms with Crippen molar-refractivity contribution in [3.63, 3.8) is 0 Å². The summed E-state index contributed by atoms with van der Waals surface area (Å²) in [5.74, 6) is -0.399. The highest BCUT2D eigenvalue weighted by molar-refractivity contribution is 5.66. The Morgan fingerprint density at radius 1 is 1.36 bits per heavy atom. The maximum absolute atomic E-state index is 10.4. The van der Waals surface area contributed by atoms with E-state index in [4.69, 9.17) is 5.11 Å². The Morgan fingerprint density at radius 3 is 2.36 bits per heavy atom. The predicted octanol–water partition coefficient (Wildman–Crippen LogP) is 1.69. The summed E-state index contributed by atoms with van der Waals surface area (Å²) in [5, 5.41) is 18.9. The van der Waals surface area contributed by atoms with Crippen molar-refractivity contribution in [3.05, 3.63) is 10.1 Å². The standard InChI is InChI=1S/C9H15NO4/c11-9(12)6-3-7-1-4-8(5-2-7)10(13)14/h7-8H,1-6H2,(H,11,12). The van der Waals surface area contributed by atoms with Gasteiger partial charge in [-0.25, -0.2) is 0 Å². The van der Waals surface area contributed by atoms with Gasteiger partial charge in [-0.1, -0.05) is 0 Å². The van der Waals surface area contributed by atoms with Crippen LogP contribution in [0.2, 0.25) is 0 Å². The SMILES string of the molecule is O=C(O)CCC1CCC([N+](=O)[O-])CC1. The summed E-state index contributed by atoms with van der Waals surface area (Å²) >= 11 is 0. The van der Waals surface area contributed by atoms with Gasteiger partial charge in [-0.15, -0.1) is 0 Å². The topological polar surface area (TPSA) is 80.4 Å². The molecule has 0 atom stereocenters. The molecule has 0 unspecified atom stereocenters. The quantitative estimate of drug-likeness (QED) is 0.554. The van der Waals surface area contributed by atoms with E-state index in [9.17, 15) is 14.9 Å². The molecule has 1 fully saturated rings. The van der Waals surface area contributed by atoms with Gasteiger partial charge in [0.2, 0.25) is 6.04 Å². The minimum absolute atomic E-state index is 0.188. The van der Waals surface area contributed by atoms with E-state index >= 15 is 0 Å². The van der Waals surface area contributed by atoms with Crippen LogP contribution in [-0.4, -0.2) is 22.0 Å². The maximum Gasteiger partial charge on any atom is 0.303 e. The Morgan fingerprint density at radius 2 is 1.93 bits per heavy atom. The van der Waals surface area contributed by atoms with Crippen LogP contribution in [0.4, 0.5) is 0 Å². The fourth-order valence-electron chi connectivity index (χ4n) is 1.97. The smallest absolute Gasteiger partial charge is 0.303 e. The number of rotatable bonds is 4. The molecular weight excluding hydrogens is 186 g/mol. The lowest BCUT2D eigenvalue weighted by Crippen LogP contribution is -2.26. The first-order chi connectivity index (χ1) is 6.59. The first kappa shape index (κ1) is 10.9. The molecule has 0 aromatic heterocycles. The molecule has 5 heteroatoms. The zero-order valence-electron chi connectivity index (χ0n) is 8.02. The molecule has 0 aliphatic heterocycles. The van der Waals surface area contributed by atoms with E-state index in [0.717, 1.165) is 12.8 Å². The second-order valence-corrected chi connectivity index (χ2v) is 3.89. The lowest BCUT2D eigenvalue weighted by Gasteiger charge is -2.23. The van der Waals surface area contributed by atoms with Crippen LogP contribution in [0.15, 0.2) is 0 Å². The fraction of sp³-hybridized carbons (Fsp3) is 0.889. The monoisotopic (exact) mass is 201 g/mol. The van der Waals surface area contributed by atoms with Crippen molar-refractivity contribution in [3.8, 4) is 0 Å². The van der Waals surface area contributed by atoms with Gasteiger partial charge in [0.15, 0.2) is 0 Å². The van der Waals surface area contributed by atoms with Crippen molar-refractivity contribution in [1.82, 2.24) is 0 Å². The summed E-state index contributed by atoms with van der Waals surface area (Å²) < 4.78 is 0. The fourth-order valence-corrected chi connectivity index (χ4v) is 1.97. The van der Waals surface area contributed by atoms with Crippen molar-refractivity contribution in [1.29, 1.82) is 0 Å². The second-order valence-electron chi connectivity index (χ2n) is 3.89. The number of nitro groups is 1. The van der Waals surface area contributed by atoms with E-state index < -0.39 is 12.0 Å². The van der Waals surface area contributed by atoms with Crippen molar-refractivity contribution < 1.29 is 14.8 Å². The summed E-state index contributed by atoms with van der Waals surface area (Å²) in [4.78, 5) is 20.5. The molecule has 1 N–H and O–H groups in total. The Kier molecular flexibility index (Phi) is 3.85.